The van der Waals surface area contributed by atoms with E-state index in [4.69, 9.17) is 5.11 Å². The molecule has 1 saturated heterocycles. The molecule has 6 heteroatoms. The van der Waals surface area contributed by atoms with Crippen molar-refractivity contribution >= 4 is 10.9 Å². The summed E-state index contributed by atoms with van der Waals surface area (Å²) in [5.41, 5.74) is 3.12. The molecule has 1 atom stereocenters. The third kappa shape index (κ3) is 4.03. The summed E-state index contributed by atoms with van der Waals surface area (Å²) in [6, 6.07) is 4.84. The van der Waals surface area contributed by atoms with Gasteiger partial charge in [0, 0.05) is 55.9 Å². The molecule has 2 heterocycles. The van der Waals surface area contributed by atoms with E-state index in [2.05, 4.69) is 14.4 Å². The van der Waals surface area contributed by atoms with E-state index in [0.29, 0.717) is 13.1 Å². The average Bonchev–Trinajstić information content (AvgIpc) is 2.81. The molecule has 0 amide bonds. The van der Waals surface area contributed by atoms with Gasteiger partial charge in [-0.25, -0.2) is 4.39 Å². The van der Waals surface area contributed by atoms with Crippen LogP contribution < -0.4 is 0 Å². The van der Waals surface area contributed by atoms with Gasteiger partial charge in [0.15, 0.2) is 0 Å². The van der Waals surface area contributed by atoms with Crippen LogP contribution in [0.5, 0.6) is 0 Å². The lowest BCUT2D eigenvalue weighted by Gasteiger charge is -2.35. The van der Waals surface area contributed by atoms with Crippen LogP contribution >= 0.6 is 0 Å². The molecule has 1 aromatic carbocycles. The van der Waals surface area contributed by atoms with Gasteiger partial charge in [0.2, 0.25) is 0 Å². The molecule has 0 unspecified atom stereocenters. The highest BCUT2D eigenvalue weighted by Crippen LogP contribution is 2.26. The Hall–Kier alpha value is -1.47. The highest BCUT2D eigenvalue weighted by atomic mass is 19.1. The van der Waals surface area contributed by atoms with Crippen LogP contribution in [0.4, 0.5) is 4.39 Å². The van der Waals surface area contributed by atoms with Crippen molar-refractivity contribution in [1.82, 2.24) is 14.4 Å². The number of hydrogen-bond donors (Lipinski definition) is 2. The summed E-state index contributed by atoms with van der Waals surface area (Å²) in [5, 5.41) is 20.5. The van der Waals surface area contributed by atoms with Gasteiger partial charge in [-0.1, -0.05) is 0 Å². The average molecular weight is 349 g/mol. The lowest BCUT2D eigenvalue weighted by Crippen LogP contribution is -2.49. The van der Waals surface area contributed by atoms with Crippen LogP contribution in [0.3, 0.4) is 0 Å². The molecular weight excluding hydrogens is 321 g/mol. The third-order valence-corrected chi connectivity index (χ3v) is 5.34. The Bertz CT molecular complexity index is 723. The Balaban J connectivity index is 1.65. The topological polar surface area (TPSA) is 51.9 Å². The predicted octanol–water partition coefficient (Wildman–Crippen LogP) is 1.37. The SMILES string of the molecule is Cc1c(C)n(C[C@@H](O)CN2CCN(CCO)CC2)c2ccc(F)cc12. The van der Waals surface area contributed by atoms with Crippen molar-refractivity contribution in [2.45, 2.75) is 26.5 Å². The Labute approximate surface area is 148 Å². The molecule has 1 aliphatic heterocycles. The molecule has 5 nitrogen and oxygen atoms in total. The number of aliphatic hydroxyl groups is 2. The van der Waals surface area contributed by atoms with Crippen molar-refractivity contribution in [3.05, 3.63) is 35.3 Å². The van der Waals surface area contributed by atoms with Gasteiger partial charge in [0.1, 0.15) is 5.82 Å². The first-order valence-corrected chi connectivity index (χ1v) is 8.98. The van der Waals surface area contributed by atoms with Crippen molar-refractivity contribution in [1.29, 1.82) is 0 Å². The molecule has 3 rings (SSSR count). The number of aryl methyl sites for hydroxylation is 1. The summed E-state index contributed by atoms with van der Waals surface area (Å²) in [6.45, 7) is 9.76. The molecule has 0 saturated carbocycles. The highest BCUT2D eigenvalue weighted by molar-refractivity contribution is 5.85. The predicted molar refractivity (Wildman–Crippen MR) is 97.3 cm³/mol. The third-order valence-electron chi connectivity index (χ3n) is 5.34. The van der Waals surface area contributed by atoms with Gasteiger partial charge in [0.05, 0.1) is 19.3 Å². The van der Waals surface area contributed by atoms with Crippen molar-refractivity contribution in [2.75, 3.05) is 45.9 Å². The molecule has 1 fully saturated rings. The first-order chi connectivity index (χ1) is 12.0. The second kappa shape index (κ2) is 7.83. The zero-order valence-corrected chi connectivity index (χ0v) is 15.1. The first-order valence-electron chi connectivity index (χ1n) is 8.98. The van der Waals surface area contributed by atoms with Crippen LogP contribution in [0.15, 0.2) is 18.2 Å². The molecular formula is C19H28FN3O2. The van der Waals surface area contributed by atoms with Gasteiger partial charge in [-0.15, -0.1) is 0 Å². The number of piperazine rings is 1. The second-order valence-corrected chi connectivity index (χ2v) is 7.00. The van der Waals surface area contributed by atoms with Crippen molar-refractivity contribution < 1.29 is 14.6 Å². The number of aliphatic hydroxyl groups excluding tert-OH is 2. The van der Waals surface area contributed by atoms with Crippen LogP contribution in [0, 0.1) is 19.7 Å². The standard InChI is InChI=1S/C19H28FN3O2/c1-14-15(2)23(19-4-3-16(20)11-18(14)19)13-17(25)12-22-7-5-21(6-8-22)9-10-24/h3-4,11,17,24-25H,5-10,12-13H2,1-2H3/t17-/m0/s1. The smallest absolute Gasteiger partial charge is 0.123 e. The van der Waals surface area contributed by atoms with E-state index in [1.165, 1.54) is 6.07 Å². The molecule has 1 aliphatic rings. The Kier molecular flexibility index (Phi) is 5.74. The van der Waals surface area contributed by atoms with Crippen molar-refractivity contribution in [3.63, 3.8) is 0 Å². The number of halogens is 1. The second-order valence-electron chi connectivity index (χ2n) is 7.00. The molecule has 25 heavy (non-hydrogen) atoms. The van der Waals surface area contributed by atoms with Crippen LogP contribution in [-0.4, -0.2) is 76.6 Å². The van der Waals surface area contributed by atoms with E-state index in [9.17, 15) is 9.50 Å². The number of aromatic nitrogens is 1. The minimum absolute atomic E-state index is 0.197. The fourth-order valence-corrected chi connectivity index (χ4v) is 3.76. The Morgan fingerprint density at radius 1 is 1.08 bits per heavy atom. The van der Waals surface area contributed by atoms with Gasteiger partial charge < -0.3 is 14.8 Å². The van der Waals surface area contributed by atoms with Gasteiger partial charge in [-0.3, -0.25) is 9.80 Å². The Morgan fingerprint density at radius 3 is 2.44 bits per heavy atom. The summed E-state index contributed by atoms with van der Waals surface area (Å²) < 4.78 is 15.6. The van der Waals surface area contributed by atoms with Crippen molar-refractivity contribution in [3.8, 4) is 0 Å². The van der Waals surface area contributed by atoms with Gasteiger partial charge in [-0.05, 0) is 37.6 Å². The number of β-amino-alcohol motifs (C(OH)–C–C–N with tert-alkyl or cyclic N) is 2. The summed E-state index contributed by atoms with van der Waals surface area (Å²) in [5.74, 6) is -0.228. The van der Waals surface area contributed by atoms with Crippen LogP contribution in [-0.2, 0) is 6.54 Å². The largest absolute Gasteiger partial charge is 0.395 e. The summed E-state index contributed by atoms with van der Waals surface area (Å²) in [4.78, 5) is 4.51. The number of benzene rings is 1. The minimum Gasteiger partial charge on any atom is -0.395 e. The summed E-state index contributed by atoms with van der Waals surface area (Å²) in [6.07, 6.45) is -0.469. The van der Waals surface area contributed by atoms with E-state index in [1.807, 2.05) is 13.8 Å². The number of fused-ring (bicyclic) bond motifs is 1. The summed E-state index contributed by atoms with van der Waals surface area (Å²) >= 11 is 0. The molecule has 0 bridgehead atoms. The van der Waals surface area contributed by atoms with E-state index in [-0.39, 0.29) is 12.4 Å². The lowest BCUT2D eigenvalue weighted by atomic mass is 10.1. The molecule has 2 N–H and O–H groups in total. The quantitative estimate of drug-likeness (QED) is 0.827. The molecule has 138 valence electrons. The van der Waals surface area contributed by atoms with Gasteiger partial charge in [-0.2, -0.15) is 0 Å². The van der Waals surface area contributed by atoms with Crippen LogP contribution in [0.25, 0.3) is 10.9 Å². The maximum Gasteiger partial charge on any atom is 0.123 e. The van der Waals surface area contributed by atoms with Gasteiger partial charge >= 0.3 is 0 Å². The van der Waals surface area contributed by atoms with Gasteiger partial charge in [0.25, 0.3) is 0 Å². The lowest BCUT2D eigenvalue weighted by molar-refractivity contribution is 0.0594. The van der Waals surface area contributed by atoms with Crippen LogP contribution in [0.1, 0.15) is 11.3 Å². The number of rotatable bonds is 6. The van der Waals surface area contributed by atoms with E-state index < -0.39 is 6.10 Å². The number of nitrogens with zero attached hydrogens (tertiary/aromatic N) is 3. The fourth-order valence-electron chi connectivity index (χ4n) is 3.76. The monoisotopic (exact) mass is 349 g/mol. The summed E-state index contributed by atoms with van der Waals surface area (Å²) in [7, 11) is 0. The number of hydrogen-bond acceptors (Lipinski definition) is 4. The molecule has 0 aliphatic carbocycles. The molecule has 1 aromatic heterocycles. The van der Waals surface area contributed by atoms with E-state index in [0.717, 1.165) is 54.9 Å². The highest BCUT2D eigenvalue weighted by Gasteiger charge is 2.20. The molecule has 0 spiro atoms. The van der Waals surface area contributed by atoms with Crippen LogP contribution in [0.2, 0.25) is 0 Å². The molecule has 0 radical (unpaired) electrons. The normalized spacial score (nSPS) is 18.1. The van der Waals surface area contributed by atoms with E-state index >= 15 is 0 Å². The van der Waals surface area contributed by atoms with Crippen molar-refractivity contribution in [2.24, 2.45) is 0 Å². The zero-order chi connectivity index (χ0) is 18.0. The maximum absolute atomic E-state index is 13.5. The molecule has 2 aromatic rings. The first kappa shape index (κ1) is 18.3. The zero-order valence-electron chi connectivity index (χ0n) is 15.1. The Morgan fingerprint density at radius 2 is 1.76 bits per heavy atom. The maximum atomic E-state index is 13.5. The minimum atomic E-state index is -0.469. The fraction of sp³-hybridized carbons (Fsp3) is 0.579. The van der Waals surface area contributed by atoms with E-state index in [1.54, 1.807) is 12.1 Å².